The Kier molecular flexibility index (Phi) is 2.27. The van der Waals surface area contributed by atoms with E-state index in [0.29, 0.717) is 5.75 Å². The van der Waals surface area contributed by atoms with Crippen LogP contribution in [0.15, 0.2) is 23.2 Å². The maximum absolute atomic E-state index is 10.2. The van der Waals surface area contributed by atoms with Gasteiger partial charge in [-0.25, -0.2) is 0 Å². The van der Waals surface area contributed by atoms with E-state index in [0.717, 1.165) is 11.3 Å². The third-order valence-corrected chi connectivity index (χ3v) is 2.78. The molecule has 2 rings (SSSR count). The zero-order valence-electron chi connectivity index (χ0n) is 9.19. The minimum atomic E-state index is -0.528. The van der Waals surface area contributed by atoms with E-state index in [1.807, 2.05) is 32.0 Å². The van der Waals surface area contributed by atoms with Crippen molar-refractivity contribution in [2.75, 3.05) is 7.11 Å². The normalized spacial score (nSPS) is 22.3. The fourth-order valence-electron chi connectivity index (χ4n) is 1.77. The van der Waals surface area contributed by atoms with Gasteiger partial charge in [0.15, 0.2) is 0 Å². The average molecular weight is 205 g/mol. The van der Waals surface area contributed by atoms with Crippen molar-refractivity contribution in [1.29, 1.82) is 0 Å². The van der Waals surface area contributed by atoms with Gasteiger partial charge in [0, 0.05) is 17.2 Å². The smallest absolute Gasteiger partial charge is 0.144 e. The van der Waals surface area contributed by atoms with Crippen molar-refractivity contribution in [2.24, 2.45) is 10.4 Å². The van der Waals surface area contributed by atoms with Crippen LogP contribution in [0.5, 0.6) is 5.75 Å². The number of aliphatic hydroxyl groups excluding tert-OH is 1. The summed E-state index contributed by atoms with van der Waals surface area (Å²) in [7, 11) is 1.61. The number of methoxy groups -OCH3 is 1. The molecule has 80 valence electrons. The van der Waals surface area contributed by atoms with Gasteiger partial charge in [0.1, 0.15) is 11.4 Å². The Hall–Kier alpha value is -1.35. The molecule has 0 fully saturated rings. The van der Waals surface area contributed by atoms with E-state index in [4.69, 9.17) is 4.74 Å². The molecule has 15 heavy (non-hydrogen) atoms. The molecule has 3 nitrogen and oxygen atoms in total. The highest BCUT2D eigenvalue weighted by molar-refractivity contribution is 5.77. The first-order chi connectivity index (χ1) is 7.06. The zero-order valence-corrected chi connectivity index (χ0v) is 9.19. The number of fused-ring (bicyclic) bond motifs is 1. The molecule has 1 aliphatic rings. The molecule has 0 bridgehead atoms. The molecule has 1 atom stereocenters. The zero-order chi connectivity index (χ0) is 11.1. The Morgan fingerprint density at radius 1 is 1.40 bits per heavy atom. The van der Waals surface area contributed by atoms with E-state index in [-0.39, 0.29) is 5.41 Å². The molecule has 1 heterocycles. The maximum Gasteiger partial charge on any atom is 0.144 e. The van der Waals surface area contributed by atoms with Crippen molar-refractivity contribution in [3.05, 3.63) is 23.8 Å². The van der Waals surface area contributed by atoms with E-state index < -0.39 is 6.10 Å². The minimum absolute atomic E-state index is 0.320. The van der Waals surface area contributed by atoms with Gasteiger partial charge in [0.2, 0.25) is 0 Å². The number of aliphatic imine (C=N–C) groups is 1. The van der Waals surface area contributed by atoms with Crippen molar-refractivity contribution in [3.63, 3.8) is 0 Å². The van der Waals surface area contributed by atoms with E-state index in [2.05, 4.69) is 4.99 Å². The Balaban J connectivity index is 2.58. The van der Waals surface area contributed by atoms with Crippen molar-refractivity contribution < 1.29 is 9.84 Å². The lowest BCUT2D eigenvalue weighted by molar-refractivity contribution is 0.0952. The highest BCUT2D eigenvalue weighted by atomic mass is 16.5. The van der Waals surface area contributed by atoms with Crippen molar-refractivity contribution >= 4 is 11.9 Å². The third-order valence-electron chi connectivity index (χ3n) is 2.78. The van der Waals surface area contributed by atoms with Gasteiger partial charge < -0.3 is 9.84 Å². The lowest BCUT2D eigenvalue weighted by Crippen LogP contribution is -2.26. The molecule has 0 radical (unpaired) electrons. The molecule has 1 aromatic rings. The highest BCUT2D eigenvalue weighted by Gasteiger charge is 2.33. The van der Waals surface area contributed by atoms with Crippen molar-refractivity contribution in [2.45, 2.75) is 20.0 Å². The second-order valence-corrected chi connectivity index (χ2v) is 4.38. The average Bonchev–Trinajstić information content (AvgIpc) is 2.23. The minimum Gasteiger partial charge on any atom is -0.494 e. The molecule has 0 spiro atoms. The lowest BCUT2D eigenvalue weighted by atomic mass is 9.81. The number of para-hydroxylation sites is 1. The van der Waals surface area contributed by atoms with E-state index >= 15 is 0 Å². The van der Waals surface area contributed by atoms with Crippen molar-refractivity contribution in [3.8, 4) is 5.75 Å². The van der Waals surface area contributed by atoms with Crippen LogP contribution in [0, 0.1) is 5.41 Å². The van der Waals surface area contributed by atoms with Gasteiger partial charge in [-0.15, -0.1) is 0 Å². The van der Waals surface area contributed by atoms with Crippen LogP contribution >= 0.6 is 0 Å². The largest absolute Gasteiger partial charge is 0.494 e. The predicted octanol–water partition coefficient (Wildman–Crippen LogP) is 2.47. The first-order valence-corrected chi connectivity index (χ1v) is 4.96. The molecule has 0 amide bonds. The van der Waals surface area contributed by atoms with E-state index in [1.165, 1.54) is 0 Å². The van der Waals surface area contributed by atoms with Gasteiger partial charge in [-0.05, 0) is 6.07 Å². The molecule has 0 saturated heterocycles. The lowest BCUT2D eigenvalue weighted by Gasteiger charge is -2.31. The van der Waals surface area contributed by atoms with Gasteiger partial charge in [0.25, 0.3) is 0 Å². The number of hydrogen-bond acceptors (Lipinski definition) is 3. The summed E-state index contributed by atoms with van der Waals surface area (Å²) in [6.07, 6.45) is 1.25. The van der Waals surface area contributed by atoms with Crippen LogP contribution in [0.2, 0.25) is 0 Å². The summed E-state index contributed by atoms with van der Waals surface area (Å²) in [6, 6.07) is 5.61. The van der Waals surface area contributed by atoms with Crippen LogP contribution in [0.1, 0.15) is 25.5 Å². The molecular weight excluding hydrogens is 190 g/mol. The molecule has 0 aliphatic carbocycles. The Bertz CT molecular complexity index is 410. The Morgan fingerprint density at radius 3 is 2.80 bits per heavy atom. The third kappa shape index (κ3) is 1.53. The van der Waals surface area contributed by atoms with Crippen LogP contribution in [-0.4, -0.2) is 18.4 Å². The van der Waals surface area contributed by atoms with Crippen molar-refractivity contribution in [1.82, 2.24) is 0 Å². The summed E-state index contributed by atoms with van der Waals surface area (Å²) in [5.74, 6) is 0.707. The van der Waals surface area contributed by atoms with E-state index in [9.17, 15) is 5.11 Å². The highest BCUT2D eigenvalue weighted by Crippen LogP contribution is 2.44. The summed E-state index contributed by atoms with van der Waals surface area (Å²) in [6.45, 7) is 3.92. The molecular formula is C12H15NO2. The molecule has 0 saturated carbocycles. The van der Waals surface area contributed by atoms with Crippen LogP contribution in [0.3, 0.4) is 0 Å². The summed E-state index contributed by atoms with van der Waals surface area (Å²) in [5.41, 5.74) is 1.26. The molecule has 0 aromatic heterocycles. The molecule has 3 heteroatoms. The fourth-order valence-corrected chi connectivity index (χ4v) is 1.77. The van der Waals surface area contributed by atoms with Gasteiger partial charge in [-0.2, -0.15) is 0 Å². The number of aliphatic hydroxyl groups is 1. The summed E-state index contributed by atoms with van der Waals surface area (Å²) in [4.78, 5) is 4.36. The SMILES string of the molecule is COc1cccc2c1N=CC(C)(C)C2O. The Morgan fingerprint density at radius 2 is 2.13 bits per heavy atom. The molecule has 1 aromatic carbocycles. The number of rotatable bonds is 1. The number of nitrogens with zero attached hydrogens (tertiary/aromatic N) is 1. The van der Waals surface area contributed by atoms with Crippen LogP contribution in [0.4, 0.5) is 5.69 Å². The predicted molar refractivity (Wildman–Crippen MR) is 59.9 cm³/mol. The standard InChI is InChI=1S/C12H15NO2/c1-12(2)7-13-10-8(11(12)14)5-4-6-9(10)15-3/h4-7,11,14H,1-3H3. The summed E-state index contributed by atoms with van der Waals surface area (Å²) < 4.78 is 5.20. The van der Waals surface area contributed by atoms with Crippen LogP contribution in [0.25, 0.3) is 0 Å². The quantitative estimate of drug-likeness (QED) is 0.765. The molecule has 1 aliphatic heterocycles. The summed E-state index contributed by atoms with van der Waals surface area (Å²) >= 11 is 0. The van der Waals surface area contributed by atoms with Gasteiger partial charge in [-0.3, -0.25) is 4.99 Å². The second kappa shape index (κ2) is 3.35. The number of ether oxygens (including phenoxy) is 1. The Labute approximate surface area is 89.4 Å². The first kappa shape index (κ1) is 10.2. The first-order valence-electron chi connectivity index (χ1n) is 4.96. The molecule has 1 N–H and O–H groups in total. The second-order valence-electron chi connectivity index (χ2n) is 4.38. The fraction of sp³-hybridized carbons (Fsp3) is 0.417. The van der Waals surface area contributed by atoms with Crippen LogP contribution < -0.4 is 4.74 Å². The number of benzene rings is 1. The van der Waals surface area contributed by atoms with Crippen LogP contribution in [-0.2, 0) is 0 Å². The monoisotopic (exact) mass is 205 g/mol. The van der Waals surface area contributed by atoms with Gasteiger partial charge in [-0.1, -0.05) is 26.0 Å². The van der Waals surface area contributed by atoms with E-state index in [1.54, 1.807) is 13.3 Å². The molecule has 1 unspecified atom stereocenters. The van der Waals surface area contributed by atoms with Gasteiger partial charge in [0.05, 0.1) is 13.2 Å². The maximum atomic E-state index is 10.2. The topological polar surface area (TPSA) is 41.8 Å². The van der Waals surface area contributed by atoms with Gasteiger partial charge >= 0.3 is 0 Å². The number of hydrogen-bond donors (Lipinski definition) is 1. The summed E-state index contributed by atoms with van der Waals surface area (Å²) in [5, 5.41) is 10.2.